The van der Waals surface area contributed by atoms with E-state index in [4.69, 9.17) is 15.2 Å². The normalized spacial score (nSPS) is 36.1. The maximum Gasteiger partial charge on any atom is 0.226 e. The largest absolute Gasteiger partial charge is 0.383 e. The van der Waals surface area contributed by atoms with Crippen molar-refractivity contribution in [2.24, 2.45) is 23.5 Å². The highest BCUT2D eigenvalue weighted by molar-refractivity contribution is 5.79. The number of hydrogen-bond donors (Lipinski definition) is 1. The lowest BCUT2D eigenvalue weighted by Gasteiger charge is -2.37. The zero-order chi connectivity index (χ0) is 14.8. The van der Waals surface area contributed by atoms with Gasteiger partial charge in [0.15, 0.2) is 0 Å². The minimum absolute atomic E-state index is 0.188. The molecule has 0 bridgehead atoms. The van der Waals surface area contributed by atoms with E-state index in [1.54, 1.807) is 7.11 Å². The predicted octanol–water partition coefficient (Wildman–Crippen LogP) is 1.01. The summed E-state index contributed by atoms with van der Waals surface area (Å²) in [6.07, 6.45) is 5.06. The van der Waals surface area contributed by atoms with Gasteiger partial charge in [-0.05, 0) is 43.9 Å². The number of carbonyl (C=O) groups excluding carboxylic acids is 1. The molecule has 3 rings (SSSR count). The Kier molecular flexibility index (Phi) is 4.82. The number of amides is 1. The molecule has 0 radical (unpaired) electrons. The Labute approximate surface area is 127 Å². The molecule has 2 N–H and O–H groups in total. The van der Waals surface area contributed by atoms with E-state index in [1.807, 2.05) is 0 Å². The number of rotatable bonds is 5. The smallest absolute Gasteiger partial charge is 0.226 e. The summed E-state index contributed by atoms with van der Waals surface area (Å²) in [5.74, 6) is 1.82. The van der Waals surface area contributed by atoms with Crippen LogP contribution in [0.1, 0.15) is 32.1 Å². The quantitative estimate of drug-likeness (QED) is 0.822. The summed E-state index contributed by atoms with van der Waals surface area (Å²) in [7, 11) is 1.70. The van der Waals surface area contributed by atoms with Crippen molar-refractivity contribution in [1.82, 2.24) is 4.90 Å². The highest BCUT2D eigenvalue weighted by Crippen LogP contribution is 2.49. The van der Waals surface area contributed by atoms with Crippen LogP contribution in [0.2, 0.25) is 0 Å². The van der Waals surface area contributed by atoms with Gasteiger partial charge >= 0.3 is 0 Å². The molecule has 1 aliphatic heterocycles. The molecule has 2 saturated carbocycles. The van der Waals surface area contributed by atoms with Crippen molar-refractivity contribution < 1.29 is 14.3 Å². The number of methoxy groups -OCH3 is 1. The SMILES string of the molecule is COCCN(C(=O)C1C[C@@H]2C[C@H](N)[C@@H]2C1)C1CCOCC1. The summed E-state index contributed by atoms with van der Waals surface area (Å²) in [4.78, 5) is 15.0. The van der Waals surface area contributed by atoms with Gasteiger partial charge in [-0.2, -0.15) is 0 Å². The van der Waals surface area contributed by atoms with E-state index in [1.165, 1.54) is 0 Å². The van der Waals surface area contributed by atoms with E-state index in [0.29, 0.717) is 43.0 Å². The Morgan fingerprint density at radius 3 is 2.67 bits per heavy atom. The Balaban J connectivity index is 1.62. The van der Waals surface area contributed by atoms with E-state index < -0.39 is 0 Å². The summed E-state index contributed by atoms with van der Waals surface area (Å²) >= 11 is 0. The zero-order valence-electron chi connectivity index (χ0n) is 13.0. The molecule has 1 heterocycles. The van der Waals surface area contributed by atoms with Gasteiger partial charge in [0.2, 0.25) is 5.91 Å². The number of hydrogen-bond acceptors (Lipinski definition) is 4. The number of ether oxygens (including phenoxy) is 2. The topological polar surface area (TPSA) is 64.8 Å². The maximum atomic E-state index is 13.0. The van der Waals surface area contributed by atoms with E-state index in [9.17, 15) is 4.79 Å². The Morgan fingerprint density at radius 2 is 2.05 bits per heavy atom. The average molecular weight is 296 g/mol. The van der Waals surface area contributed by atoms with Crippen LogP contribution >= 0.6 is 0 Å². The van der Waals surface area contributed by atoms with Crippen LogP contribution in [-0.4, -0.2) is 56.4 Å². The third-order valence-corrected chi connectivity index (χ3v) is 5.67. The summed E-state index contributed by atoms with van der Waals surface area (Å²) in [5, 5.41) is 0. The molecule has 5 heteroatoms. The molecule has 0 aromatic rings. The van der Waals surface area contributed by atoms with Gasteiger partial charge in [-0.1, -0.05) is 0 Å². The minimum atomic E-state index is 0.188. The van der Waals surface area contributed by atoms with E-state index >= 15 is 0 Å². The molecule has 3 fully saturated rings. The summed E-state index contributed by atoms with van der Waals surface area (Å²) < 4.78 is 10.6. The van der Waals surface area contributed by atoms with Crippen LogP contribution in [0.15, 0.2) is 0 Å². The number of fused-ring (bicyclic) bond motifs is 1. The van der Waals surface area contributed by atoms with Crippen LogP contribution in [0, 0.1) is 17.8 Å². The van der Waals surface area contributed by atoms with Crippen LogP contribution < -0.4 is 5.73 Å². The highest BCUT2D eigenvalue weighted by Gasteiger charge is 2.48. The lowest BCUT2D eigenvalue weighted by atomic mass is 9.72. The molecule has 120 valence electrons. The fourth-order valence-corrected chi connectivity index (χ4v) is 4.38. The summed E-state index contributed by atoms with van der Waals surface area (Å²) in [5.41, 5.74) is 6.06. The first-order valence-corrected chi connectivity index (χ1v) is 8.33. The van der Waals surface area contributed by atoms with Gasteiger partial charge in [0.05, 0.1) is 6.61 Å². The molecule has 1 saturated heterocycles. The van der Waals surface area contributed by atoms with Crippen molar-refractivity contribution >= 4 is 5.91 Å². The molecule has 1 unspecified atom stereocenters. The fraction of sp³-hybridized carbons (Fsp3) is 0.938. The monoisotopic (exact) mass is 296 g/mol. The molecule has 21 heavy (non-hydrogen) atoms. The average Bonchev–Trinajstić information content (AvgIpc) is 2.86. The van der Waals surface area contributed by atoms with E-state index in [2.05, 4.69) is 4.90 Å². The van der Waals surface area contributed by atoms with Gasteiger partial charge in [0.1, 0.15) is 0 Å². The molecule has 5 nitrogen and oxygen atoms in total. The van der Waals surface area contributed by atoms with Crippen molar-refractivity contribution in [3.8, 4) is 0 Å². The molecule has 1 amide bonds. The first kappa shape index (κ1) is 15.3. The van der Waals surface area contributed by atoms with E-state index in [-0.39, 0.29) is 5.92 Å². The van der Waals surface area contributed by atoms with Crippen molar-refractivity contribution in [2.75, 3.05) is 33.5 Å². The number of nitrogens with zero attached hydrogens (tertiary/aromatic N) is 1. The van der Waals surface area contributed by atoms with E-state index in [0.717, 1.165) is 45.3 Å². The second kappa shape index (κ2) is 6.63. The number of carbonyl (C=O) groups is 1. The van der Waals surface area contributed by atoms with Gasteiger partial charge < -0.3 is 20.1 Å². The minimum Gasteiger partial charge on any atom is -0.383 e. The molecule has 0 aromatic heterocycles. The second-order valence-corrected chi connectivity index (χ2v) is 6.86. The Bertz CT molecular complexity index is 371. The molecule has 0 aromatic carbocycles. The van der Waals surface area contributed by atoms with Crippen molar-refractivity contribution in [3.63, 3.8) is 0 Å². The Morgan fingerprint density at radius 1 is 1.29 bits per heavy atom. The first-order valence-electron chi connectivity index (χ1n) is 8.33. The molecular formula is C16H28N2O3. The first-order chi connectivity index (χ1) is 10.2. The maximum absolute atomic E-state index is 13.0. The standard InChI is InChI=1S/C16H28N2O3/c1-20-7-4-18(13-2-5-21-6-3-13)16(19)12-8-11-10-15(17)14(11)9-12/h11-15H,2-10,17H2,1H3/t11-,12?,14-,15+/m1/s1. The van der Waals surface area contributed by atoms with Crippen LogP contribution in [0.3, 0.4) is 0 Å². The van der Waals surface area contributed by atoms with Crippen molar-refractivity contribution in [3.05, 3.63) is 0 Å². The number of nitrogens with two attached hydrogens (primary N) is 1. The van der Waals surface area contributed by atoms with Crippen molar-refractivity contribution in [1.29, 1.82) is 0 Å². The van der Waals surface area contributed by atoms with Crippen LogP contribution in [0.5, 0.6) is 0 Å². The summed E-state index contributed by atoms with van der Waals surface area (Å²) in [6, 6.07) is 0.664. The zero-order valence-corrected chi connectivity index (χ0v) is 13.0. The third-order valence-electron chi connectivity index (χ3n) is 5.67. The highest BCUT2D eigenvalue weighted by atomic mass is 16.5. The lowest BCUT2D eigenvalue weighted by Crippen LogP contribution is -2.47. The second-order valence-electron chi connectivity index (χ2n) is 6.86. The fourth-order valence-electron chi connectivity index (χ4n) is 4.38. The van der Waals surface area contributed by atoms with Gasteiger partial charge in [0, 0.05) is 44.9 Å². The lowest BCUT2D eigenvalue weighted by molar-refractivity contribution is -0.140. The molecular weight excluding hydrogens is 268 g/mol. The van der Waals surface area contributed by atoms with Gasteiger partial charge in [-0.15, -0.1) is 0 Å². The van der Waals surface area contributed by atoms with Crippen LogP contribution in [0.25, 0.3) is 0 Å². The van der Waals surface area contributed by atoms with Crippen molar-refractivity contribution in [2.45, 2.75) is 44.2 Å². The van der Waals surface area contributed by atoms with Gasteiger partial charge in [-0.3, -0.25) is 4.79 Å². The molecule has 0 spiro atoms. The van der Waals surface area contributed by atoms with Crippen LogP contribution in [-0.2, 0) is 14.3 Å². The van der Waals surface area contributed by atoms with Gasteiger partial charge in [0.25, 0.3) is 0 Å². The molecule has 3 aliphatic rings. The van der Waals surface area contributed by atoms with Gasteiger partial charge in [-0.25, -0.2) is 0 Å². The Hall–Kier alpha value is -0.650. The molecule has 4 atom stereocenters. The molecule has 2 aliphatic carbocycles. The third kappa shape index (κ3) is 3.10. The predicted molar refractivity (Wildman–Crippen MR) is 79.7 cm³/mol. The van der Waals surface area contributed by atoms with Crippen LogP contribution in [0.4, 0.5) is 0 Å². The summed E-state index contributed by atoms with van der Waals surface area (Å²) in [6.45, 7) is 2.85.